The summed E-state index contributed by atoms with van der Waals surface area (Å²) < 4.78 is 11.4. The number of hydrazone groups is 1. The fourth-order valence-corrected chi connectivity index (χ4v) is 3.79. The molecule has 0 aliphatic rings. The number of anilines is 1. The highest BCUT2D eigenvalue weighted by Gasteiger charge is 2.25. The fraction of sp³-hybridized carbons (Fsp3) is 0.250. The molecule has 2 aromatic heterocycles. The van der Waals surface area contributed by atoms with Gasteiger partial charge in [0.1, 0.15) is 17.1 Å². The van der Waals surface area contributed by atoms with E-state index in [2.05, 4.69) is 49.6 Å². The summed E-state index contributed by atoms with van der Waals surface area (Å²) in [6, 6.07) is 12.1. The van der Waals surface area contributed by atoms with Crippen LogP contribution >= 0.6 is 0 Å². The summed E-state index contributed by atoms with van der Waals surface area (Å²) in [6.45, 7) is 8.24. The van der Waals surface area contributed by atoms with Gasteiger partial charge in [-0.25, -0.2) is 10.1 Å². The molecule has 0 fully saturated rings. The first-order valence-electron chi connectivity index (χ1n) is 11.7. The molecule has 0 atom stereocenters. The number of hydrogen-bond donors (Lipinski definition) is 3. The highest BCUT2D eigenvalue weighted by molar-refractivity contribution is 5.99. The molecular weight excluding hydrogens is 478 g/mol. The van der Waals surface area contributed by atoms with Crippen LogP contribution in [0.25, 0.3) is 17.1 Å². The van der Waals surface area contributed by atoms with E-state index in [0.29, 0.717) is 23.5 Å². The van der Waals surface area contributed by atoms with Gasteiger partial charge in [0.15, 0.2) is 5.69 Å². The van der Waals surface area contributed by atoms with Gasteiger partial charge in [-0.3, -0.25) is 4.79 Å². The van der Waals surface area contributed by atoms with Gasteiger partial charge in [0.2, 0.25) is 11.6 Å². The molecule has 1 amide bonds. The van der Waals surface area contributed by atoms with Crippen LogP contribution in [0.2, 0.25) is 0 Å². The van der Waals surface area contributed by atoms with E-state index < -0.39 is 5.91 Å². The summed E-state index contributed by atoms with van der Waals surface area (Å²) in [7, 11) is 0. The summed E-state index contributed by atoms with van der Waals surface area (Å²) in [5.74, 6) is -0.140. The van der Waals surface area contributed by atoms with Crippen LogP contribution in [0.4, 0.5) is 11.5 Å². The fourth-order valence-electron chi connectivity index (χ4n) is 3.79. The van der Waals surface area contributed by atoms with Gasteiger partial charge in [-0.2, -0.15) is 9.78 Å². The van der Waals surface area contributed by atoms with Crippen LogP contribution in [0.5, 0.6) is 11.5 Å². The van der Waals surface area contributed by atoms with Crippen molar-refractivity contribution in [2.75, 3.05) is 25.4 Å². The largest absolute Gasteiger partial charge is 0.872 e. The van der Waals surface area contributed by atoms with Crippen LogP contribution in [0.15, 0.2) is 52.2 Å². The molecule has 0 spiro atoms. The van der Waals surface area contributed by atoms with E-state index in [1.165, 1.54) is 15.8 Å². The maximum atomic E-state index is 13.0. The molecule has 4 rings (SSSR count). The van der Waals surface area contributed by atoms with Gasteiger partial charge in [0, 0.05) is 5.56 Å². The first-order valence-corrected chi connectivity index (χ1v) is 11.7. The molecule has 37 heavy (non-hydrogen) atoms. The highest BCUT2D eigenvalue weighted by Crippen LogP contribution is 2.28. The van der Waals surface area contributed by atoms with E-state index in [4.69, 9.17) is 10.5 Å². The number of quaternary nitrogens is 1. The van der Waals surface area contributed by atoms with E-state index in [1.807, 2.05) is 13.0 Å². The van der Waals surface area contributed by atoms with Crippen molar-refractivity contribution in [3.8, 4) is 28.6 Å². The minimum absolute atomic E-state index is 0.0277. The molecule has 13 heteroatoms. The van der Waals surface area contributed by atoms with Crippen LogP contribution in [-0.2, 0) is 0 Å². The third kappa shape index (κ3) is 5.41. The number of benzene rings is 2. The Labute approximate surface area is 212 Å². The standard InChI is InChI=1S/C24H27N9O4/c1-4-32(5-2)17-10-7-16(19(34)13-17)14-26-28-24(35)20-21(15-8-11-18(12-9-15)36-6-3)33(31-27-20)23-22(25)29-37-30-23/h7-14,34H,4-6H2,1-3H3,(H2,25,29)(H,28,35). The first kappa shape index (κ1) is 25.3. The molecule has 0 radical (unpaired) electrons. The number of nitrogens with zero attached hydrogens (tertiary/aromatic N) is 6. The Balaban J connectivity index is 1.61. The summed E-state index contributed by atoms with van der Waals surface area (Å²) in [6.07, 6.45) is 1.29. The number of hydrogen-bond acceptors (Lipinski definition) is 10. The molecule has 0 bridgehead atoms. The second-order valence-electron chi connectivity index (χ2n) is 7.89. The Morgan fingerprint density at radius 2 is 1.95 bits per heavy atom. The molecule has 4 aromatic rings. The number of ether oxygens (including phenoxy) is 1. The molecule has 4 N–H and O–H groups in total. The van der Waals surface area contributed by atoms with Crippen molar-refractivity contribution in [3.63, 3.8) is 0 Å². The molecule has 2 aromatic carbocycles. The summed E-state index contributed by atoms with van der Waals surface area (Å²) in [5, 5.41) is 31.8. The Hall–Kier alpha value is -4.78. The number of carbonyl (C=O) groups excluding carboxylic acids is 1. The maximum absolute atomic E-state index is 13.0. The first-order chi connectivity index (χ1) is 18.0. The van der Waals surface area contributed by atoms with E-state index in [-0.39, 0.29) is 28.8 Å². The van der Waals surface area contributed by atoms with Gasteiger partial charge in [-0.15, -0.1) is 5.10 Å². The van der Waals surface area contributed by atoms with Crippen molar-refractivity contribution < 1.29 is 24.2 Å². The molecule has 13 nitrogen and oxygen atoms in total. The van der Waals surface area contributed by atoms with E-state index in [0.717, 1.165) is 18.8 Å². The molecule has 192 valence electrons. The second kappa shape index (κ2) is 11.3. The maximum Gasteiger partial charge on any atom is 0.294 e. The van der Waals surface area contributed by atoms with Gasteiger partial charge in [0.05, 0.1) is 25.9 Å². The second-order valence-corrected chi connectivity index (χ2v) is 7.89. The Bertz CT molecular complexity index is 1390. The zero-order valence-corrected chi connectivity index (χ0v) is 20.6. The van der Waals surface area contributed by atoms with Crippen molar-refractivity contribution in [1.82, 2.24) is 30.7 Å². The number of nitrogens with two attached hydrogens (primary N) is 1. The highest BCUT2D eigenvalue weighted by atomic mass is 16.6. The topological polar surface area (TPSA) is 174 Å². The van der Waals surface area contributed by atoms with E-state index in [9.17, 15) is 9.90 Å². The molecule has 0 unspecified atom stereocenters. The quantitative estimate of drug-likeness (QED) is 0.207. The number of nitrogens with one attached hydrogen (secondary N) is 2. The minimum atomic E-state index is -0.655. The van der Waals surface area contributed by atoms with Gasteiger partial charge in [-0.1, -0.05) is 11.0 Å². The lowest BCUT2D eigenvalue weighted by Gasteiger charge is -2.18. The van der Waals surface area contributed by atoms with Crippen LogP contribution in [-0.4, -0.2) is 57.1 Å². The summed E-state index contributed by atoms with van der Waals surface area (Å²) >= 11 is 0. The van der Waals surface area contributed by atoms with Gasteiger partial charge in [-0.05, 0) is 79.1 Å². The molecular formula is C24H27N9O4. The van der Waals surface area contributed by atoms with E-state index in [1.54, 1.807) is 36.4 Å². The number of aromatic nitrogens is 5. The van der Waals surface area contributed by atoms with E-state index >= 15 is 0 Å². The van der Waals surface area contributed by atoms with Crippen LogP contribution in [0.3, 0.4) is 0 Å². The average molecular weight is 506 g/mol. The van der Waals surface area contributed by atoms with Crippen molar-refractivity contribution in [3.05, 3.63) is 53.7 Å². The third-order valence-electron chi connectivity index (χ3n) is 5.67. The Kier molecular flexibility index (Phi) is 7.74. The number of rotatable bonds is 10. The van der Waals surface area contributed by atoms with Crippen molar-refractivity contribution in [2.45, 2.75) is 20.8 Å². The van der Waals surface area contributed by atoms with Crippen LogP contribution in [0, 0.1) is 0 Å². The smallest absolute Gasteiger partial charge is 0.294 e. The average Bonchev–Trinajstić information content (AvgIpc) is 3.52. The monoisotopic (exact) mass is 505 g/mol. The molecule has 2 heterocycles. The lowest BCUT2D eigenvalue weighted by atomic mass is 10.1. The zero-order chi connectivity index (χ0) is 26.4. The molecule has 0 saturated heterocycles. The van der Waals surface area contributed by atoms with Crippen molar-refractivity contribution in [2.24, 2.45) is 5.10 Å². The Morgan fingerprint density at radius 1 is 1.19 bits per heavy atom. The number of carbonyl (C=O) groups is 1. The predicted octanol–water partition coefficient (Wildman–Crippen LogP) is 0.692. The molecule has 0 aliphatic heterocycles. The lowest BCUT2D eigenvalue weighted by Crippen LogP contribution is -3.06. The number of nitrogen functional groups attached to an aromatic ring is 1. The van der Waals surface area contributed by atoms with Gasteiger partial charge >= 0.3 is 0 Å². The SMILES string of the molecule is CCOc1ccc(-c2c(C(=O)NN=Cc3ccc([NH+](CC)CC)cc3[O-])nnn2-c2nonc2N)cc1. The summed E-state index contributed by atoms with van der Waals surface area (Å²) in [5.41, 5.74) is 10.3. The van der Waals surface area contributed by atoms with Crippen LogP contribution < -0.4 is 25.9 Å². The normalized spacial score (nSPS) is 11.4. The zero-order valence-electron chi connectivity index (χ0n) is 20.6. The lowest BCUT2D eigenvalue weighted by molar-refractivity contribution is -0.828. The summed E-state index contributed by atoms with van der Waals surface area (Å²) in [4.78, 5) is 14.2. The molecule has 0 aliphatic carbocycles. The number of amides is 1. The minimum Gasteiger partial charge on any atom is -0.872 e. The van der Waals surface area contributed by atoms with Crippen LogP contribution in [0.1, 0.15) is 36.8 Å². The van der Waals surface area contributed by atoms with Gasteiger partial charge in [0.25, 0.3) is 5.91 Å². The van der Waals surface area contributed by atoms with Crippen molar-refractivity contribution in [1.29, 1.82) is 0 Å². The Morgan fingerprint density at radius 3 is 2.57 bits per heavy atom. The van der Waals surface area contributed by atoms with Crippen molar-refractivity contribution >= 4 is 23.6 Å². The predicted molar refractivity (Wildman–Crippen MR) is 133 cm³/mol. The molecule has 0 saturated carbocycles. The third-order valence-corrected chi connectivity index (χ3v) is 5.67. The van der Waals surface area contributed by atoms with Gasteiger partial charge < -0.3 is 20.5 Å².